The lowest BCUT2D eigenvalue weighted by molar-refractivity contribution is 0.0281. The highest BCUT2D eigenvalue weighted by atomic mass is 32.1. The van der Waals surface area contributed by atoms with Gasteiger partial charge >= 0.3 is 12.1 Å². The van der Waals surface area contributed by atoms with Crippen molar-refractivity contribution in [3.8, 4) is 0 Å². The molecule has 11 heteroatoms. The molecule has 9 nitrogen and oxygen atoms in total. The van der Waals surface area contributed by atoms with Crippen LogP contribution in [0, 0.1) is 24.6 Å². The molecule has 3 heterocycles. The van der Waals surface area contributed by atoms with Gasteiger partial charge < -0.3 is 19.9 Å². The van der Waals surface area contributed by atoms with Crippen LogP contribution in [0.3, 0.4) is 0 Å². The molecule has 0 aliphatic carbocycles. The van der Waals surface area contributed by atoms with E-state index in [2.05, 4.69) is 20.5 Å². The van der Waals surface area contributed by atoms with Crippen LogP contribution in [-0.2, 0) is 11.2 Å². The number of thiazole rings is 1. The van der Waals surface area contributed by atoms with Crippen molar-refractivity contribution in [2.45, 2.75) is 65.5 Å². The summed E-state index contributed by atoms with van der Waals surface area (Å²) in [5.41, 5.74) is 1.10. The molecule has 4 rings (SSSR count). The van der Waals surface area contributed by atoms with Gasteiger partial charge in [-0.25, -0.2) is 19.0 Å². The van der Waals surface area contributed by atoms with E-state index in [0.29, 0.717) is 34.7 Å². The number of rotatable bonds is 7. The van der Waals surface area contributed by atoms with Gasteiger partial charge in [-0.05, 0) is 77.1 Å². The zero-order valence-corrected chi connectivity index (χ0v) is 24.8. The van der Waals surface area contributed by atoms with Crippen LogP contribution in [0.15, 0.2) is 24.3 Å². The van der Waals surface area contributed by atoms with E-state index >= 15 is 0 Å². The SMILES string of the molecule is CC(=O)c1sc(NC(=O)N[C@@H]2CN(C(=O)OC(C)(C)C)C[C@@H]2CN2CCC[C@@H](Cc3ccc(F)cc3)C2)nc1C. The fourth-order valence-corrected chi connectivity index (χ4v) is 6.40. The number of nitrogens with one attached hydrogen (secondary N) is 2. The molecule has 218 valence electrons. The average Bonchev–Trinajstić information content (AvgIpc) is 3.42. The first-order valence-electron chi connectivity index (χ1n) is 13.9. The standard InChI is InChI=1S/C29H40FN5O4S/c1-18-25(19(2)36)40-27(31-18)33-26(37)32-24-17-35(28(38)39-29(3,4)5)16-22(24)15-34-12-6-7-21(14-34)13-20-8-10-23(30)11-9-20/h8-11,21-22,24H,6-7,12-17H2,1-5H3,(H2,31,32,33,37)/t21-,22-,24+/m0/s1. The van der Waals surface area contributed by atoms with E-state index < -0.39 is 17.7 Å². The molecule has 3 atom stereocenters. The Bertz CT molecular complexity index is 1210. The Morgan fingerprint density at radius 1 is 1.15 bits per heavy atom. The third-order valence-corrected chi connectivity index (χ3v) is 8.45. The average molecular weight is 574 g/mol. The normalized spacial score (nSPS) is 21.8. The van der Waals surface area contributed by atoms with Gasteiger partial charge in [0.2, 0.25) is 0 Å². The number of nitrogens with zero attached hydrogens (tertiary/aromatic N) is 3. The van der Waals surface area contributed by atoms with Gasteiger partial charge in [0.1, 0.15) is 11.4 Å². The number of carbonyl (C=O) groups is 3. The zero-order chi connectivity index (χ0) is 29.0. The summed E-state index contributed by atoms with van der Waals surface area (Å²) in [6.45, 7) is 12.1. The van der Waals surface area contributed by atoms with Crippen LogP contribution in [0.2, 0.25) is 0 Å². The lowest BCUT2D eigenvalue weighted by atomic mass is 9.90. The lowest BCUT2D eigenvalue weighted by Gasteiger charge is -2.35. The first-order valence-corrected chi connectivity index (χ1v) is 14.7. The van der Waals surface area contributed by atoms with Gasteiger partial charge in [-0.15, -0.1) is 0 Å². The van der Waals surface area contributed by atoms with Crippen LogP contribution in [-0.4, -0.2) is 77.1 Å². The molecule has 0 bridgehead atoms. The molecule has 2 aromatic rings. The van der Waals surface area contributed by atoms with Crippen LogP contribution in [0.5, 0.6) is 0 Å². The van der Waals surface area contributed by atoms with E-state index in [9.17, 15) is 18.8 Å². The fourth-order valence-electron chi connectivity index (χ4n) is 5.54. The zero-order valence-electron chi connectivity index (χ0n) is 24.0. The maximum atomic E-state index is 13.3. The third kappa shape index (κ3) is 8.23. The smallest absolute Gasteiger partial charge is 0.410 e. The molecular weight excluding hydrogens is 533 g/mol. The Morgan fingerprint density at radius 2 is 1.88 bits per heavy atom. The second-order valence-corrected chi connectivity index (χ2v) is 12.9. The van der Waals surface area contributed by atoms with Crippen molar-refractivity contribution in [2.75, 3.05) is 38.0 Å². The Labute approximate surface area is 239 Å². The minimum atomic E-state index is -0.618. The summed E-state index contributed by atoms with van der Waals surface area (Å²) in [4.78, 5) is 46.6. The van der Waals surface area contributed by atoms with Crippen LogP contribution in [0.1, 0.15) is 61.5 Å². The van der Waals surface area contributed by atoms with Crippen molar-refractivity contribution in [3.05, 3.63) is 46.2 Å². The largest absolute Gasteiger partial charge is 0.444 e. The predicted molar refractivity (Wildman–Crippen MR) is 153 cm³/mol. The molecule has 3 amide bonds. The van der Waals surface area contributed by atoms with E-state index in [4.69, 9.17) is 4.74 Å². The van der Waals surface area contributed by atoms with Crippen molar-refractivity contribution in [1.29, 1.82) is 0 Å². The molecular formula is C29H40FN5O4S. The molecule has 40 heavy (non-hydrogen) atoms. The lowest BCUT2D eigenvalue weighted by Crippen LogP contribution is -2.47. The maximum Gasteiger partial charge on any atom is 0.410 e. The minimum Gasteiger partial charge on any atom is -0.444 e. The molecule has 0 unspecified atom stereocenters. The molecule has 2 aliphatic heterocycles. The van der Waals surface area contributed by atoms with E-state index in [1.54, 1.807) is 11.8 Å². The number of aromatic nitrogens is 1. The number of hydrogen-bond donors (Lipinski definition) is 2. The number of amides is 3. The number of halogens is 1. The number of Topliss-reactive ketones (excluding diaryl/α,β-unsaturated/α-hetero) is 1. The highest BCUT2D eigenvalue weighted by molar-refractivity contribution is 7.17. The van der Waals surface area contributed by atoms with Gasteiger partial charge in [-0.2, -0.15) is 0 Å². The molecule has 2 saturated heterocycles. The van der Waals surface area contributed by atoms with E-state index in [1.165, 1.54) is 19.1 Å². The molecule has 1 aromatic carbocycles. The van der Waals surface area contributed by atoms with E-state index in [-0.39, 0.29) is 23.6 Å². The number of likely N-dealkylation sites (tertiary alicyclic amines) is 2. The Morgan fingerprint density at radius 3 is 2.52 bits per heavy atom. The number of piperidine rings is 1. The third-order valence-electron chi connectivity index (χ3n) is 7.28. The van der Waals surface area contributed by atoms with Gasteiger partial charge in [0.15, 0.2) is 10.9 Å². The highest BCUT2D eigenvalue weighted by Crippen LogP contribution is 2.27. The maximum absolute atomic E-state index is 13.3. The molecule has 0 saturated carbocycles. The van der Waals surface area contributed by atoms with Crippen molar-refractivity contribution in [1.82, 2.24) is 20.1 Å². The van der Waals surface area contributed by atoms with E-state index in [1.807, 2.05) is 32.9 Å². The van der Waals surface area contributed by atoms with Crippen molar-refractivity contribution in [3.63, 3.8) is 0 Å². The van der Waals surface area contributed by atoms with Gasteiger partial charge in [-0.3, -0.25) is 10.1 Å². The Balaban J connectivity index is 1.41. The quantitative estimate of drug-likeness (QED) is 0.447. The first kappa shape index (κ1) is 29.9. The van der Waals surface area contributed by atoms with Crippen molar-refractivity contribution < 1.29 is 23.5 Å². The van der Waals surface area contributed by atoms with Crippen LogP contribution < -0.4 is 10.6 Å². The number of ether oxygens (including phenoxy) is 1. The number of urea groups is 1. The van der Waals surface area contributed by atoms with Gasteiger partial charge in [-0.1, -0.05) is 23.5 Å². The highest BCUT2D eigenvalue weighted by Gasteiger charge is 2.39. The number of ketones is 1. The summed E-state index contributed by atoms with van der Waals surface area (Å²) >= 11 is 1.15. The summed E-state index contributed by atoms with van der Waals surface area (Å²) in [6, 6.07) is 6.03. The van der Waals surface area contributed by atoms with Gasteiger partial charge in [0.05, 0.1) is 16.6 Å². The second kappa shape index (κ2) is 12.6. The second-order valence-electron chi connectivity index (χ2n) is 11.9. The Kier molecular flexibility index (Phi) is 9.45. The summed E-state index contributed by atoms with van der Waals surface area (Å²) < 4.78 is 19.0. The molecule has 1 aromatic heterocycles. The molecule has 2 N–H and O–H groups in total. The van der Waals surface area contributed by atoms with Crippen LogP contribution in [0.4, 0.5) is 19.1 Å². The van der Waals surface area contributed by atoms with E-state index in [0.717, 1.165) is 55.8 Å². The molecule has 2 aliphatic rings. The van der Waals surface area contributed by atoms with Crippen LogP contribution >= 0.6 is 11.3 Å². The molecule has 2 fully saturated rings. The molecule has 0 radical (unpaired) electrons. The van der Waals surface area contributed by atoms with Gasteiger partial charge in [0, 0.05) is 39.0 Å². The topological polar surface area (TPSA) is 104 Å². The summed E-state index contributed by atoms with van der Waals surface area (Å²) in [5.74, 6) is 0.151. The van der Waals surface area contributed by atoms with Crippen molar-refractivity contribution >= 4 is 34.4 Å². The minimum absolute atomic E-state index is 0.00801. The number of hydrogen-bond acceptors (Lipinski definition) is 7. The summed E-state index contributed by atoms with van der Waals surface area (Å²) in [5, 5.41) is 6.17. The summed E-state index contributed by atoms with van der Waals surface area (Å²) in [6.07, 6.45) is 2.68. The number of carbonyl (C=O) groups excluding carboxylic acids is 3. The fraction of sp³-hybridized carbons (Fsp3) is 0.586. The monoisotopic (exact) mass is 573 g/mol. The number of benzene rings is 1. The number of anilines is 1. The molecule has 0 spiro atoms. The summed E-state index contributed by atoms with van der Waals surface area (Å²) in [7, 11) is 0. The number of aryl methyl sites for hydroxylation is 1. The van der Waals surface area contributed by atoms with Crippen molar-refractivity contribution in [2.24, 2.45) is 11.8 Å². The first-order chi connectivity index (χ1) is 18.9. The van der Waals surface area contributed by atoms with Crippen LogP contribution in [0.25, 0.3) is 0 Å². The predicted octanol–water partition coefficient (Wildman–Crippen LogP) is 5.10. The Hall–Kier alpha value is -3.05. The van der Waals surface area contributed by atoms with Gasteiger partial charge in [0.25, 0.3) is 0 Å².